The molecule has 3 heterocycles. The summed E-state index contributed by atoms with van der Waals surface area (Å²) in [4.78, 5) is 0. The second kappa shape index (κ2) is 3.25. The monoisotopic (exact) mass is 244 g/mol. The van der Waals surface area contributed by atoms with E-state index >= 15 is 0 Å². The molecule has 0 saturated carbocycles. The number of aliphatic hydroxyl groups is 1. The summed E-state index contributed by atoms with van der Waals surface area (Å²) in [6.45, 7) is 0. The third-order valence-corrected chi connectivity index (χ3v) is 4.02. The molecule has 0 spiro atoms. The summed E-state index contributed by atoms with van der Waals surface area (Å²) in [5.41, 5.74) is 1.06. The maximum absolute atomic E-state index is 9.74. The van der Waals surface area contributed by atoms with Crippen molar-refractivity contribution in [3.63, 3.8) is 0 Å². The van der Waals surface area contributed by atoms with Crippen LogP contribution in [0.2, 0.25) is 0 Å². The minimum absolute atomic E-state index is 0.110. The Labute approximate surface area is 101 Å². The molecule has 1 aromatic heterocycles. The smallest absolute Gasteiger partial charge is 0.170 e. The maximum atomic E-state index is 9.74. The zero-order valence-electron chi connectivity index (χ0n) is 8.64. The van der Waals surface area contributed by atoms with Gasteiger partial charge < -0.3 is 9.67 Å². The lowest BCUT2D eigenvalue weighted by molar-refractivity contribution is 0.445. The van der Waals surface area contributed by atoms with Crippen LogP contribution in [0, 0.1) is 28.1 Å². The third kappa shape index (κ3) is 1.14. The topological polar surface area (TPSA) is 96.7 Å². The van der Waals surface area contributed by atoms with Crippen molar-refractivity contribution in [1.29, 1.82) is 16.1 Å². The average Bonchev–Trinajstić information content (AvgIpc) is 2.83. The van der Waals surface area contributed by atoms with Gasteiger partial charge in [-0.1, -0.05) is 0 Å². The fourth-order valence-corrected chi connectivity index (χ4v) is 3.27. The van der Waals surface area contributed by atoms with Crippen molar-refractivity contribution in [3.8, 4) is 6.07 Å². The number of aliphatic hydroxyl groups excluding tert-OH is 1. The second-order valence-electron chi connectivity index (χ2n) is 3.94. The summed E-state index contributed by atoms with van der Waals surface area (Å²) in [7, 11) is 0. The average molecular weight is 244 g/mol. The number of thioether (sulfide) groups is 1. The van der Waals surface area contributed by atoms with E-state index in [2.05, 4.69) is 0 Å². The van der Waals surface area contributed by atoms with Gasteiger partial charge in [-0.15, -0.1) is 0 Å². The summed E-state index contributed by atoms with van der Waals surface area (Å²) in [5, 5.41) is 34.9. The summed E-state index contributed by atoms with van der Waals surface area (Å²) < 4.78 is 1.68. The van der Waals surface area contributed by atoms with E-state index in [0.29, 0.717) is 5.84 Å². The Balaban J connectivity index is 2.26. The predicted octanol–water partition coefficient (Wildman–Crippen LogP) is 2.04. The molecular formula is C11H8N4OS. The van der Waals surface area contributed by atoms with E-state index in [9.17, 15) is 5.11 Å². The van der Waals surface area contributed by atoms with Crippen LogP contribution in [-0.4, -0.2) is 20.6 Å². The minimum atomic E-state index is -0.429. The second-order valence-corrected chi connectivity index (χ2v) is 4.97. The molecule has 3 rings (SSSR count). The Morgan fingerprint density at radius 1 is 1.41 bits per heavy atom. The number of allylic oxidation sites excluding steroid dienone is 1. The molecule has 84 valence electrons. The van der Waals surface area contributed by atoms with Crippen molar-refractivity contribution in [3.05, 3.63) is 34.7 Å². The van der Waals surface area contributed by atoms with Crippen LogP contribution >= 0.6 is 11.8 Å². The first-order chi connectivity index (χ1) is 8.15. The molecule has 0 aromatic carbocycles. The van der Waals surface area contributed by atoms with Gasteiger partial charge in [0, 0.05) is 11.9 Å². The Kier molecular flexibility index (Phi) is 1.94. The van der Waals surface area contributed by atoms with Gasteiger partial charge in [0.05, 0.1) is 28.5 Å². The largest absolute Gasteiger partial charge is 0.501 e. The van der Waals surface area contributed by atoms with Crippen LogP contribution < -0.4 is 0 Å². The van der Waals surface area contributed by atoms with E-state index in [0.717, 1.165) is 17.5 Å². The molecule has 1 aromatic rings. The maximum Gasteiger partial charge on any atom is 0.170 e. The Bertz CT molecular complexity index is 622. The van der Waals surface area contributed by atoms with Crippen molar-refractivity contribution >= 4 is 22.6 Å². The Hall–Kier alpha value is -2.00. The van der Waals surface area contributed by atoms with Crippen LogP contribution in [-0.2, 0) is 0 Å². The number of rotatable bonds is 0. The molecule has 2 aliphatic heterocycles. The highest BCUT2D eigenvalue weighted by Crippen LogP contribution is 2.47. The highest BCUT2D eigenvalue weighted by molar-refractivity contribution is 8.17. The van der Waals surface area contributed by atoms with Crippen molar-refractivity contribution in [2.24, 2.45) is 5.92 Å². The van der Waals surface area contributed by atoms with Crippen LogP contribution in [0.5, 0.6) is 0 Å². The number of nitrogens with one attached hydrogen (secondary N) is 2. The van der Waals surface area contributed by atoms with Crippen LogP contribution in [0.1, 0.15) is 11.6 Å². The van der Waals surface area contributed by atoms with Crippen LogP contribution in [0.3, 0.4) is 0 Å². The van der Waals surface area contributed by atoms with Gasteiger partial charge in [0.25, 0.3) is 0 Å². The molecule has 0 radical (unpaired) electrons. The molecule has 0 bridgehead atoms. The number of fused-ring (bicyclic) bond motifs is 3. The highest BCUT2D eigenvalue weighted by Gasteiger charge is 2.46. The van der Waals surface area contributed by atoms with Crippen molar-refractivity contribution in [1.82, 2.24) is 4.57 Å². The molecular weight excluding hydrogens is 236 g/mol. The van der Waals surface area contributed by atoms with E-state index in [1.54, 1.807) is 16.8 Å². The SMILES string of the molecule is N#CC1=C(O)SC(=N)[C@@H]2C(=N)n3cccc3[C@H]12. The van der Waals surface area contributed by atoms with Crippen LogP contribution in [0.25, 0.3) is 0 Å². The molecule has 3 N–H and O–H groups in total. The van der Waals surface area contributed by atoms with Crippen LogP contribution in [0.15, 0.2) is 29.0 Å². The summed E-state index contributed by atoms with van der Waals surface area (Å²) in [6.07, 6.45) is 1.75. The number of hydrogen-bond donors (Lipinski definition) is 3. The number of nitrogens with zero attached hydrogens (tertiary/aromatic N) is 2. The van der Waals surface area contributed by atoms with Crippen molar-refractivity contribution in [2.45, 2.75) is 5.92 Å². The van der Waals surface area contributed by atoms with Crippen molar-refractivity contribution < 1.29 is 5.11 Å². The lowest BCUT2D eigenvalue weighted by atomic mass is 9.86. The number of hydrogen-bond acceptors (Lipinski definition) is 5. The van der Waals surface area contributed by atoms with Gasteiger partial charge in [0.15, 0.2) is 5.09 Å². The van der Waals surface area contributed by atoms with Gasteiger partial charge in [-0.25, -0.2) is 0 Å². The normalized spacial score (nSPS) is 26.8. The quantitative estimate of drug-likeness (QED) is 0.651. The van der Waals surface area contributed by atoms with E-state index in [1.165, 1.54) is 0 Å². The molecule has 5 nitrogen and oxygen atoms in total. The van der Waals surface area contributed by atoms with E-state index < -0.39 is 5.92 Å². The standard InChI is InChI=1S/C11H8N4OS/c12-4-5-7-6-2-1-3-15(6)9(13)8(7)10(14)17-11(5)16/h1-3,7-8,13-14,16H/t7-,8-/m0/s1. The first kappa shape index (κ1) is 10.2. The molecule has 2 aliphatic rings. The van der Waals surface area contributed by atoms with E-state index in [1.807, 2.05) is 12.1 Å². The Morgan fingerprint density at radius 2 is 2.18 bits per heavy atom. The lowest BCUT2D eigenvalue weighted by Gasteiger charge is -2.24. The third-order valence-electron chi connectivity index (χ3n) is 3.14. The van der Waals surface area contributed by atoms with Gasteiger partial charge in [-0.2, -0.15) is 5.26 Å². The summed E-state index contributed by atoms with van der Waals surface area (Å²) in [5.74, 6) is -0.509. The zero-order chi connectivity index (χ0) is 12.2. The summed E-state index contributed by atoms with van der Waals surface area (Å²) in [6, 6.07) is 5.63. The minimum Gasteiger partial charge on any atom is -0.501 e. The zero-order valence-corrected chi connectivity index (χ0v) is 9.45. The number of aromatic nitrogens is 1. The van der Waals surface area contributed by atoms with Gasteiger partial charge in [-0.3, -0.25) is 10.8 Å². The van der Waals surface area contributed by atoms with E-state index in [-0.39, 0.29) is 21.6 Å². The van der Waals surface area contributed by atoms with Gasteiger partial charge in [0.2, 0.25) is 0 Å². The number of nitriles is 1. The van der Waals surface area contributed by atoms with E-state index in [4.69, 9.17) is 16.1 Å². The molecule has 17 heavy (non-hydrogen) atoms. The molecule has 0 aliphatic carbocycles. The van der Waals surface area contributed by atoms with Gasteiger partial charge >= 0.3 is 0 Å². The first-order valence-electron chi connectivity index (χ1n) is 5.00. The highest BCUT2D eigenvalue weighted by atomic mass is 32.2. The molecule has 0 saturated heterocycles. The molecule has 6 heteroatoms. The first-order valence-corrected chi connectivity index (χ1v) is 5.82. The molecule has 2 atom stereocenters. The van der Waals surface area contributed by atoms with Gasteiger partial charge in [-0.05, 0) is 23.9 Å². The molecule has 0 fully saturated rings. The Morgan fingerprint density at radius 3 is 2.88 bits per heavy atom. The molecule has 0 unspecified atom stereocenters. The predicted molar refractivity (Wildman–Crippen MR) is 64.4 cm³/mol. The van der Waals surface area contributed by atoms with Crippen molar-refractivity contribution in [2.75, 3.05) is 0 Å². The summed E-state index contributed by atoms with van der Waals surface area (Å²) >= 11 is 0.870. The van der Waals surface area contributed by atoms with Crippen LogP contribution in [0.4, 0.5) is 0 Å². The fourth-order valence-electron chi connectivity index (χ4n) is 2.41. The lowest BCUT2D eigenvalue weighted by Crippen LogP contribution is -2.27. The fraction of sp³-hybridized carbons (Fsp3) is 0.182. The van der Waals surface area contributed by atoms with Gasteiger partial charge in [0.1, 0.15) is 5.84 Å². The molecule has 0 amide bonds.